The Bertz CT molecular complexity index is 1140. The smallest absolute Gasteiger partial charge is 0.326 e. The van der Waals surface area contributed by atoms with Crippen LogP contribution in [0, 0.1) is 6.92 Å². The van der Waals surface area contributed by atoms with Gasteiger partial charge in [0.05, 0.1) is 11.3 Å². The van der Waals surface area contributed by atoms with Crippen molar-refractivity contribution in [2.75, 3.05) is 10.6 Å². The highest BCUT2D eigenvalue weighted by Crippen LogP contribution is 2.33. The predicted octanol–water partition coefficient (Wildman–Crippen LogP) is 5.27. The standard InChI is InChI=1S/C21H16F3N3O2S/c1-11-18(30-20(25-11)12-2-5-14(6-3-12)21(22,23)24)19(29)26-15-7-8-16-13(10-15)4-9-17(28)27-16/h2-3,5-8,10H,4,9H2,1H3,(H,26,29)(H,27,28). The Kier molecular flexibility index (Phi) is 5.07. The third kappa shape index (κ3) is 4.06. The van der Waals surface area contributed by atoms with Crippen LogP contribution in [0.25, 0.3) is 10.6 Å². The number of hydrogen-bond acceptors (Lipinski definition) is 4. The van der Waals surface area contributed by atoms with E-state index in [4.69, 9.17) is 0 Å². The number of rotatable bonds is 3. The zero-order valence-corrected chi connectivity index (χ0v) is 16.6. The minimum absolute atomic E-state index is 0.0321. The van der Waals surface area contributed by atoms with Crippen molar-refractivity contribution in [2.24, 2.45) is 0 Å². The van der Waals surface area contributed by atoms with Crippen LogP contribution in [-0.4, -0.2) is 16.8 Å². The quantitative estimate of drug-likeness (QED) is 0.593. The molecule has 0 fully saturated rings. The SMILES string of the molecule is Cc1nc(-c2ccc(C(F)(F)F)cc2)sc1C(=O)Nc1ccc2c(c1)CCC(=O)N2. The second-order valence-electron chi connectivity index (χ2n) is 6.88. The zero-order valence-electron chi connectivity index (χ0n) is 15.8. The van der Waals surface area contributed by atoms with Crippen LogP contribution >= 0.6 is 11.3 Å². The number of benzene rings is 2. The van der Waals surface area contributed by atoms with Crippen LogP contribution < -0.4 is 10.6 Å². The van der Waals surface area contributed by atoms with Crippen LogP contribution in [0.5, 0.6) is 0 Å². The summed E-state index contributed by atoms with van der Waals surface area (Å²) in [5.41, 5.74) is 2.55. The van der Waals surface area contributed by atoms with Crippen molar-refractivity contribution in [2.45, 2.75) is 25.9 Å². The summed E-state index contributed by atoms with van der Waals surface area (Å²) in [6, 6.07) is 9.96. The number of anilines is 2. The Morgan fingerprint density at radius 2 is 1.87 bits per heavy atom. The molecule has 9 heteroatoms. The molecule has 30 heavy (non-hydrogen) atoms. The van der Waals surface area contributed by atoms with Gasteiger partial charge in [-0.25, -0.2) is 4.98 Å². The molecule has 1 aliphatic heterocycles. The molecule has 1 aromatic heterocycles. The highest BCUT2D eigenvalue weighted by Gasteiger charge is 2.30. The van der Waals surface area contributed by atoms with Crippen LogP contribution in [0.2, 0.25) is 0 Å². The maximum absolute atomic E-state index is 12.7. The number of alkyl halides is 3. The van der Waals surface area contributed by atoms with Crippen molar-refractivity contribution in [3.8, 4) is 10.6 Å². The monoisotopic (exact) mass is 431 g/mol. The molecule has 2 amide bonds. The molecule has 3 aromatic rings. The van der Waals surface area contributed by atoms with Crippen molar-refractivity contribution in [1.29, 1.82) is 0 Å². The molecular formula is C21H16F3N3O2S. The van der Waals surface area contributed by atoms with Gasteiger partial charge in [0.1, 0.15) is 9.88 Å². The highest BCUT2D eigenvalue weighted by molar-refractivity contribution is 7.17. The Hall–Kier alpha value is -3.20. The molecule has 0 aliphatic carbocycles. The van der Waals surface area contributed by atoms with E-state index in [1.165, 1.54) is 12.1 Å². The van der Waals surface area contributed by atoms with Gasteiger partial charge in [-0.15, -0.1) is 11.3 Å². The van der Waals surface area contributed by atoms with Gasteiger partial charge >= 0.3 is 6.18 Å². The predicted molar refractivity (Wildman–Crippen MR) is 109 cm³/mol. The zero-order chi connectivity index (χ0) is 21.5. The van der Waals surface area contributed by atoms with Gasteiger partial charge < -0.3 is 10.6 Å². The third-order valence-corrected chi connectivity index (χ3v) is 5.93. The molecular weight excluding hydrogens is 415 g/mol. The van der Waals surface area contributed by atoms with Gasteiger partial charge in [-0.05, 0) is 49.2 Å². The molecule has 0 unspecified atom stereocenters. The number of hydrogen-bond donors (Lipinski definition) is 2. The lowest BCUT2D eigenvalue weighted by Gasteiger charge is -2.17. The van der Waals surface area contributed by atoms with Crippen LogP contribution in [0.1, 0.15) is 32.9 Å². The minimum atomic E-state index is -4.40. The first-order valence-corrected chi connectivity index (χ1v) is 9.91. The van der Waals surface area contributed by atoms with Crippen LogP contribution in [-0.2, 0) is 17.4 Å². The fourth-order valence-corrected chi connectivity index (χ4v) is 4.15. The van der Waals surface area contributed by atoms with Gasteiger partial charge in [0.15, 0.2) is 0 Å². The van der Waals surface area contributed by atoms with E-state index in [1.807, 2.05) is 6.07 Å². The highest BCUT2D eigenvalue weighted by atomic mass is 32.1. The minimum Gasteiger partial charge on any atom is -0.326 e. The Morgan fingerprint density at radius 3 is 2.57 bits per heavy atom. The van der Waals surface area contributed by atoms with E-state index in [1.54, 1.807) is 19.1 Å². The van der Waals surface area contributed by atoms with Gasteiger partial charge in [0.25, 0.3) is 5.91 Å². The summed E-state index contributed by atoms with van der Waals surface area (Å²) in [5, 5.41) is 6.08. The number of nitrogens with zero attached hydrogens (tertiary/aromatic N) is 1. The van der Waals surface area contributed by atoms with Crippen molar-refractivity contribution < 1.29 is 22.8 Å². The average molecular weight is 431 g/mol. The van der Waals surface area contributed by atoms with Gasteiger partial charge in [0, 0.05) is 23.4 Å². The number of aryl methyl sites for hydroxylation is 2. The molecule has 0 spiro atoms. The number of thiazole rings is 1. The van der Waals surface area contributed by atoms with Gasteiger partial charge in [0.2, 0.25) is 5.91 Å². The van der Waals surface area contributed by atoms with E-state index in [0.717, 1.165) is 34.7 Å². The maximum atomic E-state index is 12.7. The Morgan fingerprint density at radius 1 is 1.13 bits per heavy atom. The van der Waals surface area contributed by atoms with E-state index >= 15 is 0 Å². The second kappa shape index (κ2) is 7.56. The number of aromatic nitrogens is 1. The number of carbonyl (C=O) groups is 2. The van der Waals surface area contributed by atoms with E-state index in [-0.39, 0.29) is 11.8 Å². The Labute approximate surface area is 174 Å². The summed E-state index contributed by atoms with van der Waals surface area (Å²) in [6.45, 7) is 1.68. The number of nitrogens with one attached hydrogen (secondary N) is 2. The number of amides is 2. The summed E-state index contributed by atoms with van der Waals surface area (Å²) in [6.07, 6.45) is -3.41. The van der Waals surface area contributed by atoms with Gasteiger partial charge in [-0.1, -0.05) is 12.1 Å². The van der Waals surface area contributed by atoms with Crippen molar-refractivity contribution >= 4 is 34.5 Å². The molecule has 2 heterocycles. The molecule has 0 bridgehead atoms. The second-order valence-corrected chi connectivity index (χ2v) is 7.88. The molecule has 4 rings (SSSR count). The third-order valence-electron chi connectivity index (χ3n) is 4.72. The molecule has 0 saturated carbocycles. The fourth-order valence-electron chi connectivity index (χ4n) is 3.18. The number of fused-ring (bicyclic) bond motifs is 1. The first-order valence-electron chi connectivity index (χ1n) is 9.10. The largest absolute Gasteiger partial charge is 0.416 e. The van der Waals surface area contributed by atoms with E-state index in [2.05, 4.69) is 15.6 Å². The maximum Gasteiger partial charge on any atom is 0.416 e. The lowest BCUT2D eigenvalue weighted by atomic mass is 10.0. The van der Waals surface area contributed by atoms with Gasteiger partial charge in [-0.2, -0.15) is 13.2 Å². The Balaban J connectivity index is 1.53. The van der Waals surface area contributed by atoms with E-state index < -0.39 is 11.7 Å². The van der Waals surface area contributed by atoms with Crippen LogP contribution in [0.4, 0.5) is 24.5 Å². The lowest BCUT2D eigenvalue weighted by Crippen LogP contribution is -2.19. The summed E-state index contributed by atoms with van der Waals surface area (Å²) in [5.74, 6) is -0.377. The van der Waals surface area contributed by atoms with Crippen LogP contribution in [0.15, 0.2) is 42.5 Å². The average Bonchev–Trinajstić information content (AvgIpc) is 3.09. The first-order chi connectivity index (χ1) is 14.2. The first kappa shape index (κ1) is 20.1. The summed E-state index contributed by atoms with van der Waals surface area (Å²) >= 11 is 1.12. The normalized spacial score (nSPS) is 13.5. The summed E-state index contributed by atoms with van der Waals surface area (Å²) in [7, 11) is 0. The van der Waals surface area contributed by atoms with Crippen molar-refractivity contribution in [1.82, 2.24) is 4.98 Å². The fraction of sp³-hybridized carbons (Fsp3) is 0.190. The van der Waals surface area contributed by atoms with Crippen LogP contribution in [0.3, 0.4) is 0 Å². The molecule has 2 aromatic carbocycles. The van der Waals surface area contributed by atoms with Gasteiger partial charge in [-0.3, -0.25) is 9.59 Å². The molecule has 154 valence electrons. The molecule has 0 atom stereocenters. The van der Waals surface area contributed by atoms with E-state index in [0.29, 0.717) is 39.7 Å². The summed E-state index contributed by atoms with van der Waals surface area (Å²) < 4.78 is 38.2. The van der Waals surface area contributed by atoms with Crippen molar-refractivity contribution in [3.05, 3.63) is 64.2 Å². The van der Waals surface area contributed by atoms with Crippen molar-refractivity contribution in [3.63, 3.8) is 0 Å². The topological polar surface area (TPSA) is 71.1 Å². The molecule has 2 N–H and O–H groups in total. The molecule has 0 saturated heterocycles. The van der Waals surface area contributed by atoms with E-state index in [9.17, 15) is 22.8 Å². The molecule has 1 aliphatic rings. The molecule has 5 nitrogen and oxygen atoms in total. The lowest BCUT2D eigenvalue weighted by molar-refractivity contribution is -0.137. The number of halogens is 3. The molecule has 0 radical (unpaired) electrons. The number of carbonyl (C=O) groups excluding carboxylic acids is 2. The summed E-state index contributed by atoms with van der Waals surface area (Å²) in [4.78, 5) is 28.9.